The van der Waals surface area contributed by atoms with Crippen molar-refractivity contribution in [3.63, 3.8) is 0 Å². The second kappa shape index (κ2) is 9.67. The third-order valence-corrected chi connectivity index (χ3v) is 5.64. The lowest BCUT2D eigenvalue weighted by atomic mass is 10.1. The smallest absolute Gasteiger partial charge is 0.262 e. The van der Waals surface area contributed by atoms with Gasteiger partial charge in [-0.2, -0.15) is 0 Å². The quantitative estimate of drug-likeness (QED) is 0.614. The third kappa shape index (κ3) is 5.76. The molecule has 154 valence electrons. The molecule has 6 nitrogen and oxygen atoms in total. The van der Waals surface area contributed by atoms with Crippen LogP contribution in [-0.4, -0.2) is 35.9 Å². The van der Waals surface area contributed by atoms with E-state index >= 15 is 0 Å². The minimum Gasteiger partial charge on any atom is -0.482 e. The molecule has 2 aromatic carbocycles. The summed E-state index contributed by atoms with van der Waals surface area (Å²) in [5, 5.41) is 3.64. The van der Waals surface area contributed by atoms with Gasteiger partial charge in [0.25, 0.3) is 5.91 Å². The summed E-state index contributed by atoms with van der Waals surface area (Å²) < 4.78 is 5.44. The van der Waals surface area contributed by atoms with Gasteiger partial charge in [-0.15, -0.1) is 0 Å². The Labute approximate surface area is 183 Å². The molecule has 0 radical (unpaired) electrons. The number of ether oxygens (including phenoxy) is 1. The summed E-state index contributed by atoms with van der Waals surface area (Å²) in [6.45, 7) is 1.17. The van der Waals surface area contributed by atoms with Gasteiger partial charge in [0, 0.05) is 18.3 Å². The molecule has 1 fully saturated rings. The highest BCUT2D eigenvalue weighted by molar-refractivity contribution is 6.43. The average Bonchev–Trinajstić information content (AvgIpc) is 3.12. The van der Waals surface area contributed by atoms with Gasteiger partial charge < -0.3 is 15.8 Å². The maximum Gasteiger partial charge on any atom is 0.262 e. The van der Waals surface area contributed by atoms with Gasteiger partial charge in [0.15, 0.2) is 6.61 Å². The van der Waals surface area contributed by atoms with Gasteiger partial charge in [-0.05, 0) is 43.1 Å². The molecule has 1 heterocycles. The summed E-state index contributed by atoms with van der Waals surface area (Å²) in [6, 6.07) is 10.1. The van der Waals surface area contributed by atoms with Crippen LogP contribution in [0.5, 0.6) is 5.75 Å². The fourth-order valence-corrected chi connectivity index (χ4v) is 3.87. The Balaban J connectivity index is 1.58. The molecule has 3 N–H and O–H groups in total. The van der Waals surface area contributed by atoms with E-state index in [1.54, 1.807) is 6.07 Å². The summed E-state index contributed by atoms with van der Waals surface area (Å²) in [6.07, 6.45) is 1.72. The van der Waals surface area contributed by atoms with E-state index in [0.29, 0.717) is 17.3 Å². The Morgan fingerprint density at radius 1 is 1.14 bits per heavy atom. The van der Waals surface area contributed by atoms with Crippen LogP contribution in [0.15, 0.2) is 36.4 Å². The molecule has 9 heteroatoms. The Bertz CT molecular complexity index is 923. The number of nitrogens with one attached hydrogen (secondary N) is 1. The maximum absolute atomic E-state index is 12.2. The number of primary amides is 1. The van der Waals surface area contributed by atoms with E-state index in [0.717, 1.165) is 24.9 Å². The second-order valence-electron chi connectivity index (χ2n) is 6.76. The minimum atomic E-state index is -0.347. The van der Waals surface area contributed by atoms with Gasteiger partial charge in [0.1, 0.15) is 5.75 Å². The van der Waals surface area contributed by atoms with Crippen LogP contribution in [0.1, 0.15) is 18.4 Å². The van der Waals surface area contributed by atoms with E-state index in [1.807, 2.05) is 18.2 Å². The van der Waals surface area contributed by atoms with E-state index in [4.69, 9.17) is 45.3 Å². The number of amides is 2. The Morgan fingerprint density at radius 3 is 2.66 bits per heavy atom. The number of nitrogens with two attached hydrogens (primary N) is 1. The molecule has 2 amide bonds. The Hall–Kier alpha value is -1.99. The van der Waals surface area contributed by atoms with Gasteiger partial charge in [-0.1, -0.05) is 46.9 Å². The van der Waals surface area contributed by atoms with Crippen molar-refractivity contribution >= 4 is 52.3 Å². The second-order valence-corrected chi connectivity index (χ2v) is 7.99. The molecule has 0 bridgehead atoms. The van der Waals surface area contributed by atoms with Gasteiger partial charge in [-0.3, -0.25) is 14.5 Å². The Morgan fingerprint density at radius 2 is 1.90 bits per heavy atom. The molecule has 1 unspecified atom stereocenters. The highest BCUT2D eigenvalue weighted by Gasteiger charge is 2.28. The highest BCUT2D eigenvalue weighted by Crippen LogP contribution is 2.33. The molecule has 0 saturated carbocycles. The van der Waals surface area contributed by atoms with Gasteiger partial charge in [0.2, 0.25) is 5.91 Å². The molecule has 29 heavy (non-hydrogen) atoms. The monoisotopic (exact) mass is 455 g/mol. The first-order valence-electron chi connectivity index (χ1n) is 9.03. The first-order valence-corrected chi connectivity index (χ1v) is 10.2. The first kappa shape index (κ1) is 21.7. The fourth-order valence-electron chi connectivity index (χ4n) is 3.27. The topological polar surface area (TPSA) is 84.7 Å². The molecule has 3 rings (SSSR count). The maximum atomic E-state index is 12.2. The number of hydrogen-bond donors (Lipinski definition) is 2. The molecule has 0 spiro atoms. The minimum absolute atomic E-state index is 0.238. The van der Waals surface area contributed by atoms with E-state index < -0.39 is 0 Å². The molecule has 0 aliphatic carbocycles. The zero-order chi connectivity index (χ0) is 21.0. The number of rotatable bonds is 7. The summed E-state index contributed by atoms with van der Waals surface area (Å²) in [5.74, 6) is -0.373. The fraction of sp³-hybridized carbons (Fsp3) is 0.300. The van der Waals surface area contributed by atoms with Crippen molar-refractivity contribution in [3.8, 4) is 5.75 Å². The van der Waals surface area contributed by atoms with Crippen LogP contribution in [0.4, 0.5) is 5.69 Å². The number of benzene rings is 2. The predicted octanol–water partition coefficient (Wildman–Crippen LogP) is 4.11. The highest BCUT2D eigenvalue weighted by atomic mass is 35.5. The van der Waals surface area contributed by atoms with E-state index in [9.17, 15) is 9.59 Å². The normalized spacial score (nSPS) is 16.6. The number of carbonyl (C=O) groups is 2. The number of hydrogen-bond acceptors (Lipinski definition) is 4. The number of likely N-dealkylation sites (tertiary alicyclic amines) is 1. The molecule has 1 atom stereocenters. The zero-order valence-electron chi connectivity index (χ0n) is 15.5. The van der Waals surface area contributed by atoms with Crippen molar-refractivity contribution in [3.05, 3.63) is 57.0 Å². The van der Waals surface area contributed by atoms with Crippen LogP contribution in [0.3, 0.4) is 0 Å². The lowest BCUT2D eigenvalue weighted by Crippen LogP contribution is -2.39. The largest absolute Gasteiger partial charge is 0.482 e. The lowest BCUT2D eigenvalue weighted by Gasteiger charge is -2.22. The van der Waals surface area contributed by atoms with Crippen LogP contribution in [0.25, 0.3) is 0 Å². The number of halogens is 3. The summed E-state index contributed by atoms with van der Waals surface area (Å²) in [5.41, 5.74) is 7.08. The SMILES string of the molecule is NC(=O)C1CCCN1Cc1cccc(NC(=O)COc2cc(Cl)c(Cl)cc2Cl)c1. The van der Waals surface area contributed by atoms with Crippen LogP contribution >= 0.6 is 34.8 Å². The summed E-state index contributed by atoms with van der Waals surface area (Å²) in [4.78, 5) is 25.8. The van der Waals surface area contributed by atoms with Crippen molar-refractivity contribution in [2.75, 3.05) is 18.5 Å². The number of anilines is 1. The van der Waals surface area contributed by atoms with E-state index in [-0.39, 0.29) is 40.3 Å². The van der Waals surface area contributed by atoms with Crippen LogP contribution in [0, 0.1) is 0 Å². The summed E-state index contributed by atoms with van der Waals surface area (Å²) >= 11 is 17.9. The molecule has 0 aromatic heterocycles. The molecule has 1 saturated heterocycles. The van der Waals surface area contributed by atoms with Crippen molar-refractivity contribution in [2.45, 2.75) is 25.4 Å². The molecular weight excluding hydrogens is 437 g/mol. The molecule has 2 aromatic rings. The third-order valence-electron chi connectivity index (χ3n) is 4.62. The molecule has 1 aliphatic heterocycles. The van der Waals surface area contributed by atoms with Crippen LogP contribution < -0.4 is 15.8 Å². The average molecular weight is 457 g/mol. The number of carbonyl (C=O) groups excluding carboxylic acids is 2. The van der Waals surface area contributed by atoms with Crippen molar-refractivity contribution < 1.29 is 14.3 Å². The van der Waals surface area contributed by atoms with Crippen molar-refractivity contribution in [1.29, 1.82) is 0 Å². The van der Waals surface area contributed by atoms with Crippen LogP contribution in [0.2, 0.25) is 15.1 Å². The number of nitrogens with zero attached hydrogens (tertiary/aromatic N) is 1. The lowest BCUT2D eigenvalue weighted by molar-refractivity contribution is -0.122. The summed E-state index contributed by atoms with van der Waals surface area (Å²) in [7, 11) is 0. The van der Waals surface area contributed by atoms with Gasteiger partial charge >= 0.3 is 0 Å². The molecule has 1 aliphatic rings. The van der Waals surface area contributed by atoms with Crippen molar-refractivity contribution in [1.82, 2.24) is 4.90 Å². The van der Waals surface area contributed by atoms with Crippen molar-refractivity contribution in [2.24, 2.45) is 5.73 Å². The zero-order valence-corrected chi connectivity index (χ0v) is 17.7. The standard InChI is InChI=1S/C20H20Cl3N3O3/c21-14-8-16(23)18(9-15(14)22)29-11-19(27)25-13-4-1-3-12(7-13)10-26-6-2-5-17(26)20(24)28/h1,3-4,7-9,17H,2,5-6,10-11H2,(H2,24,28)(H,25,27). The Kier molecular flexibility index (Phi) is 7.24. The van der Waals surface area contributed by atoms with E-state index in [1.165, 1.54) is 12.1 Å². The van der Waals surface area contributed by atoms with Crippen LogP contribution in [-0.2, 0) is 16.1 Å². The van der Waals surface area contributed by atoms with Gasteiger partial charge in [0.05, 0.1) is 21.1 Å². The first-order chi connectivity index (χ1) is 13.8. The van der Waals surface area contributed by atoms with Gasteiger partial charge in [-0.25, -0.2) is 0 Å². The predicted molar refractivity (Wildman–Crippen MR) is 115 cm³/mol. The van der Waals surface area contributed by atoms with E-state index in [2.05, 4.69) is 10.2 Å². The molecular formula is C20H20Cl3N3O3.